The number of nitrogens with one attached hydrogen (secondary N) is 1. The molecule has 0 bridgehead atoms. The fourth-order valence-corrected chi connectivity index (χ4v) is 4.79. The largest absolute Gasteiger partial charge is 0.496 e. The number of anilines is 1. The standard InChI is InChI=1S/C24H32N6O3.ClH/c1-26-10-12-29(21-5-4-11-28(2)24(21)32)17-6-8-18(9-7-17)30-15-16-13-19(23(25)31)22(33-3)14-20(16)27-30;/h4-5,11,13-15,17-18,26H,6-10,12H2,1-3H3,(H2,25,31);1H. The molecule has 1 saturated carbocycles. The highest BCUT2D eigenvalue weighted by Gasteiger charge is 2.28. The lowest BCUT2D eigenvalue weighted by Crippen LogP contribution is -2.44. The molecule has 2 aromatic heterocycles. The Morgan fingerprint density at radius 3 is 2.68 bits per heavy atom. The van der Waals surface area contributed by atoms with E-state index >= 15 is 0 Å². The first-order valence-electron chi connectivity index (χ1n) is 11.4. The number of aryl methyl sites for hydroxylation is 1. The molecule has 0 saturated heterocycles. The van der Waals surface area contributed by atoms with Crippen LogP contribution in [0, 0.1) is 0 Å². The van der Waals surface area contributed by atoms with Crippen molar-refractivity contribution in [2.75, 3.05) is 32.1 Å². The highest BCUT2D eigenvalue weighted by Crippen LogP contribution is 2.34. The second-order valence-corrected chi connectivity index (χ2v) is 8.65. The zero-order valence-electron chi connectivity index (χ0n) is 19.9. The van der Waals surface area contributed by atoms with E-state index in [0.29, 0.717) is 17.4 Å². The van der Waals surface area contributed by atoms with Crippen LogP contribution >= 0.6 is 12.4 Å². The lowest BCUT2D eigenvalue weighted by atomic mass is 9.90. The molecule has 0 unspecified atom stereocenters. The van der Waals surface area contributed by atoms with E-state index in [4.69, 9.17) is 15.6 Å². The number of amides is 1. The van der Waals surface area contributed by atoms with Gasteiger partial charge >= 0.3 is 0 Å². The van der Waals surface area contributed by atoms with Crippen LogP contribution in [0.25, 0.3) is 10.9 Å². The molecule has 1 aromatic carbocycles. The Labute approximate surface area is 205 Å². The third-order valence-corrected chi connectivity index (χ3v) is 6.61. The van der Waals surface area contributed by atoms with E-state index in [1.165, 1.54) is 7.11 Å². The molecule has 1 aliphatic rings. The number of primary amides is 1. The maximum atomic E-state index is 12.8. The first-order valence-corrected chi connectivity index (χ1v) is 11.4. The summed E-state index contributed by atoms with van der Waals surface area (Å²) in [6, 6.07) is 7.93. The van der Waals surface area contributed by atoms with Gasteiger partial charge in [0.05, 0.1) is 24.2 Å². The molecule has 0 spiro atoms. The summed E-state index contributed by atoms with van der Waals surface area (Å²) >= 11 is 0. The van der Waals surface area contributed by atoms with E-state index < -0.39 is 5.91 Å². The van der Waals surface area contributed by atoms with E-state index in [-0.39, 0.29) is 24.0 Å². The Kier molecular flexibility index (Phi) is 8.22. The van der Waals surface area contributed by atoms with E-state index in [2.05, 4.69) is 10.2 Å². The third-order valence-electron chi connectivity index (χ3n) is 6.61. The lowest BCUT2D eigenvalue weighted by molar-refractivity contribution is 0.0997. The van der Waals surface area contributed by atoms with Crippen molar-refractivity contribution < 1.29 is 9.53 Å². The number of likely N-dealkylation sites (N-methyl/N-ethyl adjacent to an activating group) is 1. The fourth-order valence-electron chi connectivity index (χ4n) is 4.79. The van der Waals surface area contributed by atoms with Crippen molar-refractivity contribution in [2.45, 2.75) is 37.8 Å². The maximum absolute atomic E-state index is 12.8. The van der Waals surface area contributed by atoms with Crippen LogP contribution in [0.1, 0.15) is 42.1 Å². The minimum atomic E-state index is -0.518. The van der Waals surface area contributed by atoms with Crippen LogP contribution in [0.2, 0.25) is 0 Å². The lowest BCUT2D eigenvalue weighted by Gasteiger charge is -2.38. The third kappa shape index (κ3) is 5.05. The number of nitrogens with zero attached hydrogens (tertiary/aromatic N) is 4. The molecule has 34 heavy (non-hydrogen) atoms. The van der Waals surface area contributed by atoms with Crippen LogP contribution in [0.3, 0.4) is 0 Å². The topological polar surface area (TPSA) is 107 Å². The number of benzene rings is 1. The van der Waals surface area contributed by atoms with Crippen molar-refractivity contribution in [3.8, 4) is 5.75 Å². The zero-order chi connectivity index (χ0) is 23.5. The summed E-state index contributed by atoms with van der Waals surface area (Å²) in [5.41, 5.74) is 7.43. The fraction of sp³-hybridized carbons (Fsp3) is 0.458. The normalized spacial score (nSPS) is 17.9. The number of methoxy groups -OCH3 is 1. The second-order valence-electron chi connectivity index (χ2n) is 8.65. The number of pyridine rings is 1. The molecular weight excluding hydrogens is 456 g/mol. The molecule has 3 aromatic rings. The second kappa shape index (κ2) is 10.9. The van der Waals surface area contributed by atoms with Gasteiger partial charge in [0.15, 0.2) is 0 Å². The summed E-state index contributed by atoms with van der Waals surface area (Å²) in [5, 5.41) is 8.83. The molecule has 0 radical (unpaired) electrons. The molecule has 1 amide bonds. The zero-order valence-corrected chi connectivity index (χ0v) is 20.7. The number of fused-ring (bicyclic) bond motifs is 1. The average molecular weight is 489 g/mol. The molecule has 3 N–H and O–H groups in total. The van der Waals surface area contributed by atoms with Gasteiger partial charge in [0, 0.05) is 50.0 Å². The summed E-state index contributed by atoms with van der Waals surface area (Å²) in [4.78, 5) is 26.8. The molecule has 184 valence electrons. The number of ether oxygens (including phenoxy) is 1. The van der Waals surface area contributed by atoms with E-state index in [9.17, 15) is 9.59 Å². The quantitative estimate of drug-likeness (QED) is 0.504. The Hall–Kier alpha value is -3.04. The molecule has 1 fully saturated rings. The molecule has 0 aliphatic heterocycles. The van der Waals surface area contributed by atoms with Gasteiger partial charge in [-0.25, -0.2) is 0 Å². The number of nitrogens with two attached hydrogens (primary N) is 1. The predicted molar refractivity (Wildman–Crippen MR) is 136 cm³/mol. The molecule has 10 heteroatoms. The Balaban J connectivity index is 0.00000324. The highest BCUT2D eigenvalue weighted by molar-refractivity contribution is 6.00. The summed E-state index contributed by atoms with van der Waals surface area (Å²) in [6.07, 6.45) is 7.64. The summed E-state index contributed by atoms with van der Waals surface area (Å²) in [6.45, 7) is 1.60. The Morgan fingerprint density at radius 2 is 2.03 bits per heavy atom. The van der Waals surface area contributed by atoms with Crippen LogP contribution in [-0.4, -0.2) is 53.5 Å². The predicted octanol–water partition coefficient (Wildman–Crippen LogP) is 2.47. The minimum Gasteiger partial charge on any atom is -0.496 e. The Bertz CT molecular complexity index is 1200. The Morgan fingerprint density at radius 1 is 1.29 bits per heavy atom. The van der Waals surface area contributed by atoms with Crippen LogP contribution in [0.15, 0.2) is 41.5 Å². The van der Waals surface area contributed by atoms with Gasteiger partial charge in [-0.2, -0.15) is 5.10 Å². The minimum absolute atomic E-state index is 0. The SMILES string of the molecule is CNCCN(c1cccn(C)c1=O)C1CCC(n2cc3cc(C(N)=O)c(OC)cc3n2)CC1.Cl. The number of carbonyl (C=O) groups is 1. The molecule has 4 rings (SSSR count). The number of hydrogen-bond donors (Lipinski definition) is 2. The number of halogens is 1. The van der Waals surface area contributed by atoms with Crippen LogP contribution in [0.4, 0.5) is 5.69 Å². The van der Waals surface area contributed by atoms with Crippen molar-refractivity contribution in [3.05, 3.63) is 52.6 Å². The van der Waals surface area contributed by atoms with Gasteiger partial charge in [-0.1, -0.05) is 0 Å². The molecular formula is C24H33ClN6O3. The average Bonchev–Trinajstić information content (AvgIpc) is 3.24. The van der Waals surface area contributed by atoms with Gasteiger partial charge in [0.25, 0.3) is 11.5 Å². The van der Waals surface area contributed by atoms with Crippen molar-refractivity contribution in [3.63, 3.8) is 0 Å². The van der Waals surface area contributed by atoms with E-state index in [1.54, 1.807) is 29.9 Å². The van der Waals surface area contributed by atoms with Gasteiger partial charge in [-0.15, -0.1) is 12.4 Å². The van der Waals surface area contributed by atoms with Crippen LogP contribution < -0.4 is 26.2 Å². The number of hydrogen-bond acceptors (Lipinski definition) is 6. The molecule has 1 aliphatic carbocycles. The van der Waals surface area contributed by atoms with Crippen molar-refractivity contribution in [1.29, 1.82) is 0 Å². The van der Waals surface area contributed by atoms with Gasteiger partial charge < -0.3 is 25.3 Å². The van der Waals surface area contributed by atoms with Gasteiger partial charge in [-0.05, 0) is 50.9 Å². The molecule has 9 nitrogen and oxygen atoms in total. The molecule has 0 atom stereocenters. The first-order chi connectivity index (χ1) is 15.9. The van der Waals surface area contributed by atoms with Crippen molar-refractivity contribution in [1.82, 2.24) is 19.7 Å². The maximum Gasteiger partial charge on any atom is 0.273 e. The summed E-state index contributed by atoms with van der Waals surface area (Å²) in [5.74, 6) is -0.0794. The van der Waals surface area contributed by atoms with Crippen molar-refractivity contribution in [2.24, 2.45) is 12.8 Å². The molecule has 2 heterocycles. The summed E-state index contributed by atoms with van der Waals surface area (Å²) < 4.78 is 8.95. The van der Waals surface area contributed by atoms with Crippen LogP contribution in [0.5, 0.6) is 5.75 Å². The van der Waals surface area contributed by atoms with Gasteiger partial charge in [0.2, 0.25) is 0 Å². The van der Waals surface area contributed by atoms with Gasteiger partial charge in [0.1, 0.15) is 11.4 Å². The first kappa shape index (κ1) is 25.6. The summed E-state index contributed by atoms with van der Waals surface area (Å²) in [7, 11) is 5.24. The van der Waals surface area contributed by atoms with Gasteiger partial charge in [-0.3, -0.25) is 14.3 Å². The number of rotatable bonds is 8. The van der Waals surface area contributed by atoms with E-state index in [1.807, 2.05) is 30.1 Å². The smallest absolute Gasteiger partial charge is 0.273 e. The van der Waals surface area contributed by atoms with Crippen molar-refractivity contribution >= 4 is 34.9 Å². The monoisotopic (exact) mass is 488 g/mol. The van der Waals surface area contributed by atoms with Crippen LogP contribution in [-0.2, 0) is 7.05 Å². The van der Waals surface area contributed by atoms with E-state index in [0.717, 1.165) is 55.4 Å². The number of carbonyl (C=O) groups excluding carboxylic acids is 1. The highest BCUT2D eigenvalue weighted by atomic mass is 35.5. The number of aromatic nitrogens is 3.